The number of para-hydroxylation sites is 1. The largest absolute Gasteiger partial charge is 0.390 e. The van der Waals surface area contributed by atoms with Crippen molar-refractivity contribution in [1.29, 1.82) is 0 Å². The zero-order valence-electron chi connectivity index (χ0n) is 10.3. The number of alkyl halides is 2. The minimum Gasteiger partial charge on any atom is -0.390 e. The number of nitro groups is 1. The van der Waals surface area contributed by atoms with Gasteiger partial charge < -0.3 is 10.4 Å². The minimum atomic E-state index is -3.40. The summed E-state index contributed by atoms with van der Waals surface area (Å²) in [4.78, 5) is 21.4. The molecular formula is C12H12F2N2O4. The molecule has 0 unspecified atom stereocenters. The molecule has 6 nitrogen and oxygen atoms in total. The third kappa shape index (κ3) is 4.73. The lowest BCUT2D eigenvalue weighted by molar-refractivity contribution is -0.385. The van der Waals surface area contributed by atoms with E-state index in [2.05, 4.69) is 0 Å². The van der Waals surface area contributed by atoms with E-state index < -0.39 is 29.9 Å². The SMILES string of the molecule is O=C(/C=C/c1ccccc1[N+](=O)[O-])NCC(F)(F)CO. The molecule has 0 saturated carbocycles. The summed E-state index contributed by atoms with van der Waals surface area (Å²) in [5, 5.41) is 20.9. The van der Waals surface area contributed by atoms with E-state index >= 15 is 0 Å². The number of carbonyl (C=O) groups is 1. The number of rotatable bonds is 6. The van der Waals surface area contributed by atoms with Crippen molar-refractivity contribution in [2.75, 3.05) is 13.2 Å². The molecule has 0 aliphatic carbocycles. The van der Waals surface area contributed by atoms with E-state index in [-0.39, 0.29) is 11.3 Å². The summed E-state index contributed by atoms with van der Waals surface area (Å²) in [6.45, 7) is -2.38. The molecule has 2 N–H and O–H groups in total. The highest BCUT2D eigenvalue weighted by Crippen LogP contribution is 2.18. The number of hydrogen-bond acceptors (Lipinski definition) is 4. The first-order valence-electron chi connectivity index (χ1n) is 5.54. The lowest BCUT2D eigenvalue weighted by atomic mass is 10.1. The van der Waals surface area contributed by atoms with Crippen LogP contribution in [-0.2, 0) is 4.79 Å². The van der Waals surface area contributed by atoms with Gasteiger partial charge in [-0.1, -0.05) is 12.1 Å². The number of nitrogens with zero attached hydrogens (tertiary/aromatic N) is 1. The molecule has 8 heteroatoms. The van der Waals surface area contributed by atoms with Gasteiger partial charge in [0.1, 0.15) is 6.61 Å². The summed E-state index contributed by atoms with van der Waals surface area (Å²) in [5.41, 5.74) is -0.0150. The second-order valence-corrected chi connectivity index (χ2v) is 3.88. The molecule has 108 valence electrons. The molecule has 0 saturated heterocycles. The molecular weight excluding hydrogens is 274 g/mol. The van der Waals surface area contributed by atoms with E-state index in [9.17, 15) is 23.7 Å². The van der Waals surface area contributed by atoms with Gasteiger partial charge in [-0.2, -0.15) is 0 Å². The maximum atomic E-state index is 12.7. The van der Waals surface area contributed by atoms with Gasteiger partial charge in [0.2, 0.25) is 5.91 Å². The molecule has 0 fully saturated rings. The number of amides is 1. The van der Waals surface area contributed by atoms with E-state index in [0.29, 0.717) is 0 Å². The monoisotopic (exact) mass is 286 g/mol. The lowest BCUT2D eigenvalue weighted by Gasteiger charge is -2.12. The molecule has 0 heterocycles. The predicted molar refractivity (Wildman–Crippen MR) is 67.2 cm³/mol. The number of nitrogens with one attached hydrogen (secondary N) is 1. The summed E-state index contributed by atoms with van der Waals surface area (Å²) in [7, 11) is 0. The number of nitro benzene ring substituents is 1. The summed E-state index contributed by atoms with van der Waals surface area (Å²) >= 11 is 0. The molecule has 1 amide bonds. The van der Waals surface area contributed by atoms with Crippen LogP contribution in [0.5, 0.6) is 0 Å². The second kappa shape index (κ2) is 6.71. The van der Waals surface area contributed by atoms with Crippen molar-refractivity contribution in [3.8, 4) is 0 Å². The Balaban J connectivity index is 2.69. The molecule has 0 radical (unpaired) electrons. The van der Waals surface area contributed by atoms with Gasteiger partial charge in [-0.05, 0) is 12.1 Å². The standard InChI is InChI=1S/C12H12F2N2O4/c13-12(14,8-17)7-15-11(18)6-5-9-3-1-2-4-10(9)16(19)20/h1-6,17H,7-8H2,(H,15,18)/b6-5+. The summed E-state index contributed by atoms with van der Waals surface area (Å²) in [6, 6.07) is 5.70. The van der Waals surface area contributed by atoms with Crippen LogP contribution in [0.3, 0.4) is 0 Å². The quantitative estimate of drug-likeness (QED) is 0.469. The van der Waals surface area contributed by atoms with Crippen molar-refractivity contribution < 1.29 is 23.6 Å². The van der Waals surface area contributed by atoms with Crippen molar-refractivity contribution in [3.63, 3.8) is 0 Å². The van der Waals surface area contributed by atoms with Crippen molar-refractivity contribution in [1.82, 2.24) is 5.32 Å². The van der Waals surface area contributed by atoms with Crippen molar-refractivity contribution in [2.45, 2.75) is 5.92 Å². The van der Waals surface area contributed by atoms with Gasteiger partial charge >= 0.3 is 0 Å². The third-order valence-corrected chi connectivity index (χ3v) is 2.30. The normalized spacial score (nSPS) is 11.6. The fraction of sp³-hybridized carbons (Fsp3) is 0.250. The number of carbonyl (C=O) groups excluding carboxylic acids is 1. The Bertz CT molecular complexity index is 532. The number of benzene rings is 1. The summed E-state index contributed by atoms with van der Waals surface area (Å²) in [6.07, 6.45) is 2.07. The fourth-order valence-electron chi connectivity index (χ4n) is 1.29. The van der Waals surface area contributed by atoms with E-state index in [1.54, 1.807) is 6.07 Å². The molecule has 0 aliphatic rings. The van der Waals surface area contributed by atoms with Crippen LogP contribution in [0.25, 0.3) is 6.08 Å². The molecule has 0 atom stereocenters. The molecule has 20 heavy (non-hydrogen) atoms. The highest BCUT2D eigenvalue weighted by Gasteiger charge is 2.27. The van der Waals surface area contributed by atoms with E-state index in [0.717, 1.165) is 12.2 Å². The molecule has 1 aromatic carbocycles. The third-order valence-electron chi connectivity index (χ3n) is 2.30. The predicted octanol–water partition coefficient (Wildman–Crippen LogP) is 1.35. The Hall–Kier alpha value is -2.35. The number of halogens is 2. The van der Waals surface area contributed by atoms with Gasteiger partial charge in [-0.25, -0.2) is 8.78 Å². The number of hydrogen-bond donors (Lipinski definition) is 2. The Morgan fingerprint density at radius 1 is 1.45 bits per heavy atom. The first kappa shape index (κ1) is 15.7. The molecule has 1 rings (SSSR count). The fourth-order valence-corrected chi connectivity index (χ4v) is 1.29. The Labute approximate surface area is 112 Å². The first-order valence-corrected chi connectivity index (χ1v) is 5.54. The van der Waals surface area contributed by atoms with Crippen LogP contribution in [0.2, 0.25) is 0 Å². The van der Waals surface area contributed by atoms with Gasteiger partial charge in [0.15, 0.2) is 0 Å². The Morgan fingerprint density at radius 3 is 2.70 bits per heavy atom. The van der Waals surface area contributed by atoms with Gasteiger partial charge in [-0.15, -0.1) is 0 Å². The van der Waals surface area contributed by atoms with Crippen LogP contribution < -0.4 is 5.32 Å². The smallest absolute Gasteiger partial charge is 0.287 e. The van der Waals surface area contributed by atoms with Crippen LogP contribution in [0, 0.1) is 10.1 Å². The zero-order valence-corrected chi connectivity index (χ0v) is 10.3. The van der Waals surface area contributed by atoms with Gasteiger partial charge in [0.05, 0.1) is 17.0 Å². The molecule has 0 aliphatic heterocycles. The topological polar surface area (TPSA) is 92.5 Å². The lowest BCUT2D eigenvalue weighted by Crippen LogP contribution is -2.38. The van der Waals surface area contributed by atoms with E-state index in [1.165, 1.54) is 18.2 Å². The van der Waals surface area contributed by atoms with Crippen LogP contribution in [-0.4, -0.2) is 35.0 Å². The van der Waals surface area contributed by atoms with Crippen LogP contribution in [0.15, 0.2) is 30.3 Å². The average Bonchev–Trinajstić information content (AvgIpc) is 2.43. The van der Waals surface area contributed by atoms with Gasteiger partial charge in [-0.3, -0.25) is 14.9 Å². The van der Waals surface area contributed by atoms with Gasteiger partial charge in [0.25, 0.3) is 11.6 Å². The van der Waals surface area contributed by atoms with E-state index in [4.69, 9.17) is 5.11 Å². The van der Waals surface area contributed by atoms with Crippen molar-refractivity contribution in [2.24, 2.45) is 0 Å². The molecule has 0 aromatic heterocycles. The van der Waals surface area contributed by atoms with Crippen LogP contribution in [0.4, 0.5) is 14.5 Å². The summed E-state index contributed by atoms with van der Waals surface area (Å²) in [5.74, 6) is -4.24. The van der Waals surface area contributed by atoms with Gasteiger partial charge in [0, 0.05) is 12.1 Å². The minimum absolute atomic E-state index is 0.182. The van der Waals surface area contributed by atoms with Crippen molar-refractivity contribution in [3.05, 3.63) is 46.0 Å². The maximum Gasteiger partial charge on any atom is 0.287 e. The highest BCUT2D eigenvalue weighted by atomic mass is 19.3. The van der Waals surface area contributed by atoms with E-state index in [1.807, 2.05) is 5.32 Å². The zero-order chi connectivity index (χ0) is 15.2. The molecule has 1 aromatic rings. The Morgan fingerprint density at radius 2 is 2.10 bits per heavy atom. The molecule has 0 spiro atoms. The second-order valence-electron chi connectivity index (χ2n) is 3.88. The number of aliphatic hydroxyl groups excluding tert-OH is 1. The molecule has 0 bridgehead atoms. The number of aliphatic hydroxyl groups is 1. The van der Waals surface area contributed by atoms with Crippen LogP contribution >= 0.6 is 0 Å². The maximum absolute atomic E-state index is 12.7. The van der Waals surface area contributed by atoms with Crippen molar-refractivity contribution >= 4 is 17.7 Å². The Kier molecular flexibility index (Phi) is 5.27. The summed E-state index contributed by atoms with van der Waals surface area (Å²) < 4.78 is 25.3. The average molecular weight is 286 g/mol. The van der Waals surface area contributed by atoms with Crippen LogP contribution in [0.1, 0.15) is 5.56 Å². The first-order chi connectivity index (χ1) is 9.35. The highest BCUT2D eigenvalue weighted by molar-refractivity contribution is 5.92.